The van der Waals surface area contributed by atoms with E-state index in [-0.39, 0.29) is 5.91 Å². The van der Waals surface area contributed by atoms with Gasteiger partial charge in [-0.15, -0.1) is 0 Å². The summed E-state index contributed by atoms with van der Waals surface area (Å²) in [4.78, 5) is 14.4. The van der Waals surface area contributed by atoms with Crippen molar-refractivity contribution < 1.29 is 4.79 Å². The zero-order valence-corrected chi connectivity index (χ0v) is 12.1. The van der Waals surface area contributed by atoms with E-state index in [9.17, 15) is 4.79 Å². The summed E-state index contributed by atoms with van der Waals surface area (Å²) in [6.45, 7) is 1.42. The maximum Gasteiger partial charge on any atom is 0.231 e. The Balaban J connectivity index is 1.82. The number of nitrogens with zero attached hydrogens (tertiary/aromatic N) is 1. The highest BCUT2D eigenvalue weighted by atomic mass is 32.1. The highest BCUT2D eigenvalue weighted by Crippen LogP contribution is 2.37. The molecule has 3 rings (SSSR count). The fraction of sp³-hybridized carbons (Fsp3) is 0.312. The van der Waals surface area contributed by atoms with Crippen LogP contribution < -0.4 is 10.6 Å². The van der Waals surface area contributed by atoms with Gasteiger partial charge in [-0.3, -0.25) is 4.79 Å². The number of rotatable bonds is 4. The van der Waals surface area contributed by atoms with Crippen molar-refractivity contribution in [3.8, 4) is 0 Å². The zero-order chi connectivity index (χ0) is 13.9. The van der Waals surface area contributed by atoms with Crippen LogP contribution in [-0.4, -0.2) is 19.0 Å². The summed E-state index contributed by atoms with van der Waals surface area (Å²) in [5.41, 5.74) is 9.11. The van der Waals surface area contributed by atoms with Crippen LogP contribution in [0.5, 0.6) is 0 Å². The van der Waals surface area contributed by atoms with Crippen LogP contribution in [0.3, 0.4) is 0 Å². The summed E-state index contributed by atoms with van der Waals surface area (Å²) < 4.78 is 0. The van der Waals surface area contributed by atoms with Crippen LogP contribution in [-0.2, 0) is 11.2 Å². The lowest BCUT2D eigenvalue weighted by atomic mass is 9.98. The van der Waals surface area contributed by atoms with E-state index in [1.165, 1.54) is 5.56 Å². The lowest BCUT2D eigenvalue weighted by Crippen LogP contribution is -2.31. The number of carbonyl (C=O) groups excluding carboxylic acids is 1. The molecule has 4 heteroatoms. The Morgan fingerprint density at radius 2 is 2.20 bits per heavy atom. The van der Waals surface area contributed by atoms with E-state index in [0.717, 1.165) is 24.2 Å². The largest absolute Gasteiger partial charge is 0.330 e. The summed E-state index contributed by atoms with van der Waals surface area (Å²) in [5.74, 6) is 0.554. The van der Waals surface area contributed by atoms with Crippen LogP contribution in [0.4, 0.5) is 5.69 Å². The summed E-state index contributed by atoms with van der Waals surface area (Å²) in [5, 5.41) is 4.05. The monoisotopic (exact) mass is 286 g/mol. The number of para-hydroxylation sites is 1. The number of hydrogen-bond acceptors (Lipinski definition) is 3. The minimum absolute atomic E-state index is 0.176. The van der Waals surface area contributed by atoms with Crippen molar-refractivity contribution >= 4 is 22.9 Å². The number of benzene rings is 1. The number of thiophene rings is 1. The van der Waals surface area contributed by atoms with Crippen molar-refractivity contribution in [2.45, 2.75) is 18.8 Å². The first-order chi connectivity index (χ1) is 9.79. The maximum atomic E-state index is 12.5. The second kappa shape index (κ2) is 5.77. The second-order valence-corrected chi connectivity index (χ2v) is 5.93. The number of nitrogens with two attached hydrogens (primary N) is 1. The van der Waals surface area contributed by atoms with E-state index in [1.54, 1.807) is 11.3 Å². The van der Waals surface area contributed by atoms with Gasteiger partial charge in [0, 0.05) is 18.2 Å². The minimum Gasteiger partial charge on any atom is -0.330 e. The van der Waals surface area contributed by atoms with Crippen LogP contribution in [0.15, 0.2) is 41.1 Å². The van der Waals surface area contributed by atoms with Gasteiger partial charge in [0.15, 0.2) is 0 Å². The molecular weight excluding hydrogens is 268 g/mol. The molecule has 3 nitrogen and oxygen atoms in total. The second-order valence-electron chi connectivity index (χ2n) is 5.15. The van der Waals surface area contributed by atoms with Crippen LogP contribution in [0.25, 0.3) is 0 Å². The van der Waals surface area contributed by atoms with E-state index in [0.29, 0.717) is 18.9 Å². The van der Waals surface area contributed by atoms with E-state index in [2.05, 4.69) is 6.07 Å². The van der Waals surface area contributed by atoms with Crippen molar-refractivity contribution in [3.05, 3.63) is 52.2 Å². The summed E-state index contributed by atoms with van der Waals surface area (Å²) in [6, 6.07) is 10.2. The van der Waals surface area contributed by atoms with Gasteiger partial charge in [0.2, 0.25) is 5.91 Å². The lowest BCUT2D eigenvalue weighted by Gasteiger charge is -2.17. The highest BCUT2D eigenvalue weighted by Gasteiger charge is 2.31. The summed E-state index contributed by atoms with van der Waals surface area (Å²) >= 11 is 1.63. The number of anilines is 1. The molecule has 1 aliphatic heterocycles. The van der Waals surface area contributed by atoms with Crippen LogP contribution >= 0.6 is 11.3 Å². The van der Waals surface area contributed by atoms with Gasteiger partial charge in [0.05, 0.1) is 6.42 Å². The molecule has 1 aromatic carbocycles. The molecule has 0 saturated heterocycles. The molecule has 0 radical (unpaired) electrons. The van der Waals surface area contributed by atoms with Gasteiger partial charge < -0.3 is 10.6 Å². The van der Waals surface area contributed by atoms with Crippen molar-refractivity contribution in [2.75, 3.05) is 18.0 Å². The Kier molecular flexibility index (Phi) is 3.85. The first-order valence-electron chi connectivity index (χ1n) is 6.90. The van der Waals surface area contributed by atoms with Crippen molar-refractivity contribution in [1.29, 1.82) is 0 Å². The van der Waals surface area contributed by atoms with Gasteiger partial charge in [-0.05, 0) is 47.0 Å². The smallest absolute Gasteiger partial charge is 0.231 e. The van der Waals surface area contributed by atoms with Crippen LogP contribution in [0.1, 0.15) is 23.5 Å². The topological polar surface area (TPSA) is 46.3 Å². The molecule has 20 heavy (non-hydrogen) atoms. The van der Waals surface area contributed by atoms with Gasteiger partial charge in [-0.2, -0.15) is 11.3 Å². The number of amides is 1. The molecule has 2 heterocycles. The third-order valence-corrected chi connectivity index (χ3v) is 4.55. The molecular formula is C16H18N2OS. The quantitative estimate of drug-likeness (QED) is 0.939. The Morgan fingerprint density at radius 3 is 2.95 bits per heavy atom. The highest BCUT2D eigenvalue weighted by molar-refractivity contribution is 7.08. The van der Waals surface area contributed by atoms with Gasteiger partial charge >= 0.3 is 0 Å². The first-order valence-corrected chi connectivity index (χ1v) is 7.84. The Bertz CT molecular complexity index is 594. The van der Waals surface area contributed by atoms with Crippen molar-refractivity contribution in [2.24, 2.45) is 5.73 Å². The molecule has 1 aliphatic rings. The van der Waals surface area contributed by atoms with Gasteiger partial charge in [-0.25, -0.2) is 0 Å². The van der Waals surface area contributed by atoms with Crippen molar-refractivity contribution in [1.82, 2.24) is 0 Å². The third kappa shape index (κ3) is 2.49. The number of fused-ring (bicyclic) bond motifs is 1. The zero-order valence-electron chi connectivity index (χ0n) is 11.3. The molecule has 1 atom stereocenters. The Morgan fingerprint density at radius 1 is 1.35 bits per heavy atom. The maximum absolute atomic E-state index is 12.5. The van der Waals surface area contributed by atoms with E-state index >= 15 is 0 Å². The SMILES string of the molecule is NCCC1CN(C(=O)Cc2ccsc2)c2ccccc21. The van der Waals surface area contributed by atoms with Crippen molar-refractivity contribution in [3.63, 3.8) is 0 Å². The van der Waals surface area contributed by atoms with E-state index in [1.807, 2.05) is 39.9 Å². The molecule has 0 spiro atoms. The lowest BCUT2D eigenvalue weighted by molar-refractivity contribution is -0.117. The Hall–Kier alpha value is -1.65. The molecule has 2 N–H and O–H groups in total. The van der Waals surface area contributed by atoms with E-state index < -0.39 is 0 Å². The molecule has 0 fully saturated rings. The third-order valence-electron chi connectivity index (χ3n) is 3.82. The predicted molar refractivity (Wildman–Crippen MR) is 83.2 cm³/mol. The molecule has 1 unspecified atom stereocenters. The predicted octanol–water partition coefficient (Wildman–Crippen LogP) is 2.77. The van der Waals surface area contributed by atoms with Gasteiger partial charge in [-0.1, -0.05) is 18.2 Å². The number of hydrogen-bond donors (Lipinski definition) is 1. The van der Waals surface area contributed by atoms with E-state index in [4.69, 9.17) is 5.73 Å². The molecule has 0 bridgehead atoms. The van der Waals surface area contributed by atoms with Gasteiger partial charge in [0.1, 0.15) is 0 Å². The fourth-order valence-corrected chi connectivity index (χ4v) is 3.51. The normalized spacial score (nSPS) is 17.2. The number of carbonyl (C=O) groups is 1. The Labute approximate surface area is 123 Å². The average molecular weight is 286 g/mol. The molecule has 1 amide bonds. The van der Waals surface area contributed by atoms with Crippen LogP contribution in [0.2, 0.25) is 0 Å². The fourth-order valence-electron chi connectivity index (χ4n) is 2.84. The molecule has 1 aromatic heterocycles. The molecule has 0 aliphatic carbocycles. The average Bonchev–Trinajstić information content (AvgIpc) is 3.08. The summed E-state index contributed by atoms with van der Waals surface area (Å²) in [7, 11) is 0. The minimum atomic E-state index is 0.176. The van der Waals surface area contributed by atoms with Gasteiger partial charge in [0.25, 0.3) is 0 Å². The summed E-state index contributed by atoms with van der Waals surface area (Å²) in [6.07, 6.45) is 1.41. The first kappa shape index (κ1) is 13.3. The molecule has 104 valence electrons. The molecule has 0 saturated carbocycles. The van der Waals surface area contributed by atoms with Crippen LogP contribution in [0, 0.1) is 0 Å². The standard InChI is InChI=1S/C16H18N2OS/c17-7-5-13-10-18(15-4-2-1-3-14(13)15)16(19)9-12-6-8-20-11-12/h1-4,6,8,11,13H,5,7,9-10,17H2. The molecule has 2 aromatic rings.